The smallest absolute Gasteiger partial charge is 0.288 e. The molecule has 0 fully saturated rings. The number of carbonyl (C=O) groups is 2. The second-order valence-electron chi connectivity index (χ2n) is 3.90. The number of rotatable bonds is 3. The Bertz CT molecular complexity index is 533. The molecule has 2 amide bonds. The van der Waals surface area contributed by atoms with Gasteiger partial charge >= 0.3 is 0 Å². The van der Waals surface area contributed by atoms with E-state index in [1.54, 1.807) is 6.07 Å². The zero-order valence-electron chi connectivity index (χ0n) is 8.99. The van der Waals surface area contributed by atoms with Crippen molar-refractivity contribution < 1.29 is 23.5 Å². The predicted molar refractivity (Wildman–Crippen MR) is 61.5 cm³/mol. The number of carbonyl (C=O) groups excluding carboxylic acids is 2. The molecule has 1 aliphatic heterocycles. The number of nitrogens with zero attached hydrogens (tertiary/aromatic N) is 1. The van der Waals surface area contributed by atoms with Gasteiger partial charge in [0, 0.05) is 4.47 Å². The quantitative estimate of drug-likeness (QED) is 0.862. The summed E-state index contributed by atoms with van der Waals surface area (Å²) in [6.07, 6.45) is 0. The van der Waals surface area contributed by atoms with E-state index in [9.17, 15) is 18.4 Å². The number of benzene rings is 1. The Balaban J connectivity index is 2.34. The molecule has 2 rings (SSSR count). The summed E-state index contributed by atoms with van der Waals surface area (Å²) < 4.78 is 26.7. The van der Waals surface area contributed by atoms with Crippen LogP contribution < -0.4 is 0 Å². The maximum absolute atomic E-state index is 13.0. The van der Waals surface area contributed by atoms with Crippen LogP contribution in [0.5, 0.6) is 0 Å². The van der Waals surface area contributed by atoms with Crippen molar-refractivity contribution in [2.24, 2.45) is 0 Å². The lowest BCUT2D eigenvalue weighted by Crippen LogP contribution is -2.42. The van der Waals surface area contributed by atoms with Gasteiger partial charge in [-0.3, -0.25) is 14.5 Å². The molecule has 0 saturated heterocycles. The van der Waals surface area contributed by atoms with Gasteiger partial charge in [0.2, 0.25) is 0 Å². The number of hydrogen-bond acceptors (Lipinski definition) is 3. The number of imide groups is 1. The molecular formula is C11H8BrF2NO3. The first-order chi connectivity index (χ1) is 8.35. The van der Waals surface area contributed by atoms with Crippen molar-refractivity contribution in [3.8, 4) is 0 Å². The van der Waals surface area contributed by atoms with Crippen LogP contribution in [-0.2, 0) is 0 Å². The Morgan fingerprint density at radius 1 is 1.22 bits per heavy atom. The van der Waals surface area contributed by atoms with E-state index in [4.69, 9.17) is 5.11 Å². The topological polar surface area (TPSA) is 57.6 Å². The maximum Gasteiger partial charge on any atom is 0.288 e. The molecule has 7 heteroatoms. The van der Waals surface area contributed by atoms with Gasteiger partial charge in [0.25, 0.3) is 17.7 Å². The first kappa shape index (κ1) is 13.1. The number of halogens is 3. The van der Waals surface area contributed by atoms with Gasteiger partial charge in [-0.1, -0.05) is 15.9 Å². The average molecular weight is 320 g/mol. The van der Waals surface area contributed by atoms with E-state index in [2.05, 4.69) is 15.9 Å². The monoisotopic (exact) mass is 319 g/mol. The third-order valence-corrected chi connectivity index (χ3v) is 3.05. The molecule has 0 saturated carbocycles. The van der Waals surface area contributed by atoms with E-state index in [1.807, 2.05) is 0 Å². The molecular weight excluding hydrogens is 312 g/mol. The van der Waals surface area contributed by atoms with Gasteiger partial charge in [-0.05, 0) is 18.2 Å². The SMILES string of the molecule is O=C1c2ccc(Br)cc2C(=O)N1CC(F)(F)CO. The molecule has 0 aromatic heterocycles. The highest BCUT2D eigenvalue weighted by Crippen LogP contribution is 2.28. The summed E-state index contributed by atoms with van der Waals surface area (Å²) in [6, 6.07) is 4.36. The van der Waals surface area contributed by atoms with Gasteiger partial charge in [0.1, 0.15) is 6.61 Å². The summed E-state index contributed by atoms with van der Waals surface area (Å²) >= 11 is 3.14. The van der Waals surface area contributed by atoms with Crippen molar-refractivity contribution >= 4 is 27.7 Å². The van der Waals surface area contributed by atoms with Crippen LogP contribution in [0.4, 0.5) is 8.78 Å². The molecule has 1 aromatic rings. The largest absolute Gasteiger partial charge is 0.390 e. The highest BCUT2D eigenvalue weighted by Gasteiger charge is 2.42. The van der Waals surface area contributed by atoms with E-state index in [0.717, 1.165) is 0 Å². The van der Waals surface area contributed by atoms with Crippen LogP contribution in [0.25, 0.3) is 0 Å². The molecule has 1 N–H and O–H groups in total. The fraction of sp³-hybridized carbons (Fsp3) is 0.273. The number of alkyl halides is 2. The summed E-state index contributed by atoms with van der Waals surface area (Å²) in [5.74, 6) is -5.04. The molecule has 96 valence electrons. The van der Waals surface area contributed by atoms with Crippen molar-refractivity contribution in [3.05, 3.63) is 33.8 Å². The van der Waals surface area contributed by atoms with Gasteiger partial charge in [-0.25, -0.2) is 8.78 Å². The highest BCUT2D eigenvalue weighted by atomic mass is 79.9. The van der Waals surface area contributed by atoms with Crippen molar-refractivity contribution in [2.75, 3.05) is 13.2 Å². The number of aliphatic hydroxyl groups is 1. The third-order valence-electron chi connectivity index (χ3n) is 2.55. The van der Waals surface area contributed by atoms with Crippen LogP contribution in [0, 0.1) is 0 Å². The lowest BCUT2D eigenvalue weighted by atomic mass is 10.1. The Labute approximate surface area is 109 Å². The van der Waals surface area contributed by atoms with E-state index in [1.165, 1.54) is 12.1 Å². The van der Waals surface area contributed by atoms with Crippen molar-refractivity contribution in [2.45, 2.75) is 5.92 Å². The normalized spacial score (nSPS) is 15.2. The lowest BCUT2D eigenvalue weighted by molar-refractivity contribution is -0.0627. The Morgan fingerprint density at radius 3 is 2.44 bits per heavy atom. The molecule has 0 radical (unpaired) electrons. The Kier molecular flexibility index (Phi) is 3.20. The van der Waals surface area contributed by atoms with Crippen molar-refractivity contribution in [1.29, 1.82) is 0 Å². The van der Waals surface area contributed by atoms with Crippen molar-refractivity contribution in [1.82, 2.24) is 4.90 Å². The molecule has 0 bridgehead atoms. The van der Waals surface area contributed by atoms with Crippen LogP contribution in [0.2, 0.25) is 0 Å². The molecule has 1 aromatic carbocycles. The number of amides is 2. The summed E-state index contributed by atoms with van der Waals surface area (Å²) in [5, 5.41) is 8.48. The van der Waals surface area contributed by atoms with Gasteiger partial charge < -0.3 is 5.11 Å². The highest BCUT2D eigenvalue weighted by molar-refractivity contribution is 9.10. The first-order valence-electron chi connectivity index (χ1n) is 5.00. The van der Waals surface area contributed by atoms with Gasteiger partial charge in [-0.2, -0.15) is 0 Å². The van der Waals surface area contributed by atoms with Crippen LogP contribution >= 0.6 is 15.9 Å². The van der Waals surface area contributed by atoms with Crippen LogP contribution in [0.3, 0.4) is 0 Å². The average Bonchev–Trinajstić information content (AvgIpc) is 2.54. The van der Waals surface area contributed by atoms with Gasteiger partial charge in [0.15, 0.2) is 0 Å². The molecule has 0 spiro atoms. The number of aliphatic hydroxyl groups excluding tert-OH is 1. The Morgan fingerprint density at radius 2 is 1.83 bits per heavy atom. The minimum absolute atomic E-state index is 0.0862. The fourth-order valence-electron chi connectivity index (χ4n) is 1.69. The van der Waals surface area contributed by atoms with Gasteiger partial charge in [-0.15, -0.1) is 0 Å². The standard InChI is InChI=1S/C11H8BrF2NO3/c12-6-1-2-7-8(3-6)10(18)15(9(7)17)4-11(13,14)5-16/h1-3,16H,4-5H2. The molecule has 4 nitrogen and oxygen atoms in total. The molecule has 1 heterocycles. The second-order valence-corrected chi connectivity index (χ2v) is 4.82. The molecule has 0 unspecified atom stereocenters. The van der Waals surface area contributed by atoms with Crippen molar-refractivity contribution in [3.63, 3.8) is 0 Å². The van der Waals surface area contributed by atoms with E-state index >= 15 is 0 Å². The van der Waals surface area contributed by atoms with Crippen LogP contribution in [-0.4, -0.2) is 40.9 Å². The second kappa shape index (κ2) is 4.40. The first-order valence-corrected chi connectivity index (χ1v) is 5.79. The molecule has 18 heavy (non-hydrogen) atoms. The number of hydrogen-bond donors (Lipinski definition) is 1. The summed E-state index contributed by atoms with van der Waals surface area (Å²) in [5.41, 5.74) is 0.181. The van der Waals surface area contributed by atoms with E-state index in [0.29, 0.717) is 9.37 Å². The van der Waals surface area contributed by atoms with Gasteiger partial charge in [0.05, 0.1) is 17.7 Å². The van der Waals surface area contributed by atoms with Crippen LogP contribution in [0.1, 0.15) is 20.7 Å². The summed E-state index contributed by atoms with van der Waals surface area (Å²) in [6.45, 7) is -2.53. The third kappa shape index (κ3) is 2.15. The maximum atomic E-state index is 13.0. The molecule has 0 atom stereocenters. The fourth-order valence-corrected chi connectivity index (χ4v) is 2.05. The minimum Gasteiger partial charge on any atom is -0.390 e. The van der Waals surface area contributed by atoms with E-state index < -0.39 is 30.9 Å². The predicted octanol–water partition coefficient (Wildman–Crippen LogP) is 1.67. The van der Waals surface area contributed by atoms with E-state index in [-0.39, 0.29) is 11.1 Å². The molecule has 0 aliphatic carbocycles. The summed E-state index contributed by atoms with van der Waals surface area (Å²) in [7, 11) is 0. The molecule has 1 aliphatic rings. The van der Waals surface area contributed by atoms with Crippen LogP contribution in [0.15, 0.2) is 22.7 Å². The minimum atomic E-state index is -3.50. The lowest BCUT2D eigenvalue weighted by Gasteiger charge is -2.20. The zero-order chi connectivity index (χ0) is 13.5. The zero-order valence-corrected chi connectivity index (χ0v) is 10.6. The number of fused-ring (bicyclic) bond motifs is 1. The Hall–Kier alpha value is -1.34. The summed E-state index contributed by atoms with van der Waals surface area (Å²) in [4.78, 5) is 24.1.